The Morgan fingerprint density at radius 2 is 1.68 bits per heavy atom. The minimum absolute atomic E-state index is 0.0764. The number of esters is 1. The quantitative estimate of drug-likeness (QED) is 0.170. The van der Waals surface area contributed by atoms with Crippen molar-refractivity contribution in [3.05, 3.63) is 39.7 Å². The van der Waals surface area contributed by atoms with Crippen LogP contribution in [0.4, 0.5) is 13.2 Å². The number of ether oxygens (including phenoxy) is 1. The summed E-state index contributed by atoms with van der Waals surface area (Å²) in [6.45, 7) is 5.76. The van der Waals surface area contributed by atoms with Crippen LogP contribution in [0.25, 0.3) is 10.9 Å². The van der Waals surface area contributed by atoms with Gasteiger partial charge in [0, 0.05) is 22.9 Å². The maximum absolute atomic E-state index is 13.0. The Hall–Kier alpha value is -1.96. The molecule has 34 heavy (non-hydrogen) atoms. The predicted molar refractivity (Wildman–Crippen MR) is 133 cm³/mol. The zero-order chi connectivity index (χ0) is 25.3. The van der Waals surface area contributed by atoms with Crippen molar-refractivity contribution < 1.29 is 22.7 Å². The average Bonchev–Trinajstić information content (AvgIpc) is 2.77. The van der Waals surface area contributed by atoms with Gasteiger partial charge in [0.15, 0.2) is 0 Å². The maximum Gasteiger partial charge on any atom is 0.393 e. The van der Waals surface area contributed by atoms with Crippen LogP contribution in [0.1, 0.15) is 69.9 Å². The Bertz CT molecular complexity index is 1010. The molecular formula is C26H36F3NO3S. The maximum atomic E-state index is 13.0. The molecule has 8 heteroatoms. The monoisotopic (exact) mass is 499 g/mol. The molecule has 0 aliphatic heterocycles. The number of benzene rings is 1. The van der Waals surface area contributed by atoms with E-state index in [2.05, 4.69) is 0 Å². The fraction of sp³-hybridized carbons (Fsp3) is 0.615. The molecule has 0 bridgehead atoms. The summed E-state index contributed by atoms with van der Waals surface area (Å²) >= 11 is 1.65. The van der Waals surface area contributed by atoms with Crippen molar-refractivity contribution in [2.24, 2.45) is 13.0 Å². The summed E-state index contributed by atoms with van der Waals surface area (Å²) in [7, 11) is 1.55. The number of unbranched alkanes of at least 4 members (excludes halogenated alkanes) is 6. The van der Waals surface area contributed by atoms with Gasteiger partial charge in [-0.25, -0.2) is 0 Å². The summed E-state index contributed by atoms with van der Waals surface area (Å²) in [6.07, 6.45) is 1.88. The van der Waals surface area contributed by atoms with Crippen molar-refractivity contribution in [2.75, 3.05) is 12.4 Å². The fourth-order valence-electron chi connectivity index (χ4n) is 3.93. The second-order valence-electron chi connectivity index (χ2n) is 9.06. The van der Waals surface area contributed by atoms with Gasteiger partial charge in [-0.3, -0.25) is 9.59 Å². The van der Waals surface area contributed by atoms with E-state index in [1.165, 1.54) is 4.57 Å². The van der Waals surface area contributed by atoms with E-state index in [-0.39, 0.29) is 17.5 Å². The van der Waals surface area contributed by atoms with Gasteiger partial charge in [0.25, 0.3) is 5.56 Å². The van der Waals surface area contributed by atoms with Gasteiger partial charge in [0.05, 0.1) is 24.5 Å². The normalized spacial score (nSPS) is 12.0. The average molecular weight is 500 g/mol. The molecule has 0 aliphatic rings. The molecular weight excluding hydrogens is 463 g/mol. The van der Waals surface area contributed by atoms with Crippen LogP contribution in [0.5, 0.6) is 0 Å². The lowest BCUT2D eigenvalue weighted by molar-refractivity contribution is -0.147. The second kappa shape index (κ2) is 13.2. The third-order valence-corrected chi connectivity index (χ3v) is 7.03. The van der Waals surface area contributed by atoms with Crippen molar-refractivity contribution in [1.82, 2.24) is 4.57 Å². The third-order valence-electron chi connectivity index (χ3n) is 5.89. The van der Waals surface area contributed by atoms with Gasteiger partial charge in [-0.05, 0) is 37.1 Å². The van der Waals surface area contributed by atoms with Gasteiger partial charge in [0.2, 0.25) is 0 Å². The SMILES string of the molecule is Cc1c(CC(F)(F)F)c(=O)n(C)c2c(SCCCCCCCCCOC(=O)C(C)C)cccc12. The lowest BCUT2D eigenvalue weighted by Gasteiger charge is -2.17. The summed E-state index contributed by atoms with van der Waals surface area (Å²) in [5.74, 6) is 0.676. The number of para-hydroxylation sites is 1. The minimum Gasteiger partial charge on any atom is -0.465 e. The van der Waals surface area contributed by atoms with Crippen LogP contribution in [-0.2, 0) is 23.0 Å². The van der Waals surface area contributed by atoms with Gasteiger partial charge >= 0.3 is 12.1 Å². The summed E-state index contributed by atoms with van der Waals surface area (Å²) in [4.78, 5) is 25.0. The Morgan fingerprint density at radius 3 is 2.29 bits per heavy atom. The lowest BCUT2D eigenvalue weighted by atomic mass is 10.0. The van der Waals surface area contributed by atoms with E-state index in [1.807, 2.05) is 26.0 Å². The molecule has 0 spiro atoms. The molecule has 0 unspecified atom stereocenters. The van der Waals surface area contributed by atoms with Crippen LogP contribution in [-0.4, -0.2) is 29.1 Å². The number of aryl methyl sites for hydroxylation is 2. The molecule has 0 N–H and O–H groups in total. The first-order valence-corrected chi connectivity index (χ1v) is 13.0. The Balaban J connectivity index is 1.81. The van der Waals surface area contributed by atoms with Crippen molar-refractivity contribution in [3.8, 4) is 0 Å². The number of fused-ring (bicyclic) bond motifs is 1. The number of hydrogen-bond acceptors (Lipinski definition) is 4. The molecule has 1 aromatic carbocycles. The van der Waals surface area contributed by atoms with Crippen LogP contribution in [0, 0.1) is 12.8 Å². The summed E-state index contributed by atoms with van der Waals surface area (Å²) < 4.78 is 45.4. The Morgan fingerprint density at radius 1 is 1.06 bits per heavy atom. The van der Waals surface area contributed by atoms with Crippen LogP contribution >= 0.6 is 11.8 Å². The van der Waals surface area contributed by atoms with E-state index in [0.717, 1.165) is 55.6 Å². The van der Waals surface area contributed by atoms with Gasteiger partial charge in [-0.15, -0.1) is 11.8 Å². The highest BCUT2D eigenvalue weighted by molar-refractivity contribution is 7.99. The predicted octanol–water partition coefficient (Wildman–Crippen LogP) is 6.97. The number of pyridine rings is 1. The van der Waals surface area contributed by atoms with Gasteiger partial charge in [-0.1, -0.05) is 58.1 Å². The molecule has 0 fully saturated rings. The minimum atomic E-state index is -4.42. The van der Waals surface area contributed by atoms with Crippen LogP contribution < -0.4 is 5.56 Å². The van der Waals surface area contributed by atoms with Crippen LogP contribution in [0.15, 0.2) is 27.9 Å². The molecule has 0 saturated carbocycles. The number of rotatable bonds is 13. The first kappa shape index (κ1) is 28.3. The number of alkyl halides is 3. The standard InChI is InChI=1S/C26H36F3NO3S/c1-18(2)25(32)33-15-10-8-6-5-7-9-11-16-34-22-14-12-13-20-19(3)21(17-26(27,28)29)24(31)30(4)23(20)22/h12-14,18H,5-11,15-17H2,1-4H3. The molecule has 2 aromatic rings. The molecule has 1 heterocycles. The van der Waals surface area contributed by atoms with E-state index in [4.69, 9.17) is 4.74 Å². The smallest absolute Gasteiger partial charge is 0.393 e. The number of halogens is 3. The van der Waals surface area contributed by atoms with Crippen LogP contribution in [0.3, 0.4) is 0 Å². The van der Waals surface area contributed by atoms with Crippen LogP contribution in [0.2, 0.25) is 0 Å². The molecule has 0 aliphatic carbocycles. The third kappa shape index (κ3) is 8.36. The molecule has 4 nitrogen and oxygen atoms in total. The summed E-state index contributed by atoms with van der Waals surface area (Å²) in [6, 6.07) is 5.57. The summed E-state index contributed by atoms with van der Waals surface area (Å²) in [5.41, 5.74) is 0.369. The van der Waals surface area contributed by atoms with Gasteiger partial charge < -0.3 is 9.30 Å². The van der Waals surface area contributed by atoms with Crippen molar-refractivity contribution in [1.29, 1.82) is 0 Å². The Kier molecular flexibility index (Phi) is 11.0. The molecule has 190 valence electrons. The zero-order valence-corrected chi connectivity index (χ0v) is 21.4. The number of hydrogen-bond donors (Lipinski definition) is 0. The van der Waals surface area contributed by atoms with E-state index in [1.54, 1.807) is 31.8 Å². The second-order valence-corrected chi connectivity index (χ2v) is 10.2. The molecule has 2 rings (SSSR count). The Labute approximate surface area is 204 Å². The van der Waals surface area contributed by atoms with E-state index in [0.29, 0.717) is 23.1 Å². The number of aromatic nitrogens is 1. The first-order valence-electron chi connectivity index (χ1n) is 12.0. The van der Waals surface area contributed by atoms with Crippen molar-refractivity contribution in [2.45, 2.75) is 83.2 Å². The zero-order valence-electron chi connectivity index (χ0n) is 20.6. The topological polar surface area (TPSA) is 48.3 Å². The largest absolute Gasteiger partial charge is 0.465 e. The van der Waals surface area contributed by atoms with E-state index >= 15 is 0 Å². The molecule has 0 amide bonds. The molecule has 1 aromatic heterocycles. The van der Waals surface area contributed by atoms with E-state index < -0.39 is 18.2 Å². The van der Waals surface area contributed by atoms with Gasteiger partial charge in [0.1, 0.15) is 0 Å². The van der Waals surface area contributed by atoms with Crippen molar-refractivity contribution >= 4 is 28.6 Å². The van der Waals surface area contributed by atoms with E-state index in [9.17, 15) is 22.8 Å². The fourth-order valence-corrected chi connectivity index (χ4v) is 5.06. The van der Waals surface area contributed by atoms with Gasteiger partial charge in [-0.2, -0.15) is 13.2 Å². The highest BCUT2D eigenvalue weighted by Gasteiger charge is 2.31. The number of carbonyl (C=O) groups is 1. The highest BCUT2D eigenvalue weighted by atomic mass is 32.2. The molecule has 0 atom stereocenters. The highest BCUT2D eigenvalue weighted by Crippen LogP contribution is 2.32. The first-order chi connectivity index (χ1) is 16.0. The number of nitrogens with zero attached hydrogens (tertiary/aromatic N) is 1. The summed E-state index contributed by atoms with van der Waals surface area (Å²) in [5, 5.41) is 0.699. The molecule has 0 saturated heterocycles. The number of carbonyl (C=O) groups excluding carboxylic acids is 1. The number of thioether (sulfide) groups is 1. The van der Waals surface area contributed by atoms with Crippen molar-refractivity contribution in [3.63, 3.8) is 0 Å². The molecule has 0 radical (unpaired) electrons. The lowest BCUT2D eigenvalue weighted by Crippen LogP contribution is -2.27.